The standard InChI is InChI=1S/C19H17ClN2O3/c1-13-10-15(5-7-17(13)20)24-12-16-6-8-18(25-16)19(23)22-11-14-4-2-3-9-21-14/h2-10H,11-12H2,1H3,(H,22,23). The monoisotopic (exact) mass is 356 g/mol. The molecule has 0 saturated heterocycles. The number of furan rings is 1. The molecular weight excluding hydrogens is 340 g/mol. The highest BCUT2D eigenvalue weighted by molar-refractivity contribution is 6.31. The second-order valence-electron chi connectivity index (χ2n) is 5.47. The lowest BCUT2D eigenvalue weighted by molar-refractivity contribution is 0.0918. The van der Waals surface area contributed by atoms with Crippen molar-refractivity contribution in [3.8, 4) is 5.75 Å². The highest BCUT2D eigenvalue weighted by Crippen LogP contribution is 2.22. The van der Waals surface area contributed by atoms with Crippen LogP contribution in [0.15, 0.2) is 59.1 Å². The van der Waals surface area contributed by atoms with E-state index in [1.165, 1.54) is 0 Å². The number of halogens is 1. The number of carbonyl (C=O) groups excluding carboxylic acids is 1. The van der Waals surface area contributed by atoms with Crippen molar-refractivity contribution in [3.05, 3.63) is 82.5 Å². The van der Waals surface area contributed by atoms with E-state index in [4.69, 9.17) is 20.8 Å². The van der Waals surface area contributed by atoms with Crippen LogP contribution in [0.1, 0.15) is 27.6 Å². The van der Waals surface area contributed by atoms with Crippen LogP contribution in [-0.4, -0.2) is 10.9 Å². The fraction of sp³-hybridized carbons (Fsp3) is 0.158. The largest absolute Gasteiger partial charge is 0.486 e. The van der Waals surface area contributed by atoms with E-state index < -0.39 is 0 Å². The molecule has 2 aromatic heterocycles. The topological polar surface area (TPSA) is 64.4 Å². The van der Waals surface area contributed by atoms with Crippen molar-refractivity contribution in [1.82, 2.24) is 10.3 Å². The molecule has 0 fully saturated rings. The van der Waals surface area contributed by atoms with Crippen LogP contribution in [0.2, 0.25) is 5.02 Å². The second kappa shape index (κ2) is 7.85. The fourth-order valence-corrected chi connectivity index (χ4v) is 2.32. The van der Waals surface area contributed by atoms with Crippen LogP contribution < -0.4 is 10.1 Å². The summed E-state index contributed by atoms with van der Waals surface area (Å²) in [5.41, 5.74) is 1.72. The first-order valence-corrected chi connectivity index (χ1v) is 8.15. The van der Waals surface area contributed by atoms with Gasteiger partial charge in [-0.15, -0.1) is 0 Å². The molecule has 6 heteroatoms. The average molecular weight is 357 g/mol. The van der Waals surface area contributed by atoms with Crippen molar-refractivity contribution in [2.24, 2.45) is 0 Å². The van der Waals surface area contributed by atoms with E-state index in [-0.39, 0.29) is 18.3 Å². The van der Waals surface area contributed by atoms with Gasteiger partial charge in [-0.3, -0.25) is 9.78 Å². The lowest BCUT2D eigenvalue weighted by atomic mass is 10.2. The minimum Gasteiger partial charge on any atom is -0.486 e. The van der Waals surface area contributed by atoms with Crippen LogP contribution in [-0.2, 0) is 13.2 Å². The molecule has 0 atom stereocenters. The molecule has 128 valence electrons. The minimum atomic E-state index is -0.292. The van der Waals surface area contributed by atoms with Gasteiger partial charge in [0.2, 0.25) is 0 Å². The molecule has 2 heterocycles. The van der Waals surface area contributed by atoms with Gasteiger partial charge in [-0.25, -0.2) is 0 Å². The Labute approximate surface area is 150 Å². The molecule has 25 heavy (non-hydrogen) atoms. The molecule has 1 N–H and O–H groups in total. The van der Waals surface area contributed by atoms with E-state index in [2.05, 4.69) is 10.3 Å². The number of rotatable bonds is 6. The normalized spacial score (nSPS) is 10.5. The van der Waals surface area contributed by atoms with E-state index in [1.807, 2.05) is 31.2 Å². The third-order valence-electron chi connectivity index (χ3n) is 3.55. The van der Waals surface area contributed by atoms with Gasteiger partial charge in [-0.05, 0) is 55.0 Å². The highest BCUT2D eigenvalue weighted by atomic mass is 35.5. The van der Waals surface area contributed by atoms with E-state index in [9.17, 15) is 4.79 Å². The molecule has 0 aliphatic heterocycles. The van der Waals surface area contributed by atoms with Crippen LogP contribution in [0.4, 0.5) is 0 Å². The lowest BCUT2D eigenvalue weighted by Gasteiger charge is -2.06. The van der Waals surface area contributed by atoms with Crippen molar-refractivity contribution in [1.29, 1.82) is 0 Å². The summed E-state index contributed by atoms with van der Waals surface area (Å²) in [6, 6.07) is 14.3. The second-order valence-corrected chi connectivity index (χ2v) is 5.88. The first kappa shape index (κ1) is 17.0. The van der Waals surface area contributed by atoms with E-state index in [1.54, 1.807) is 30.5 Å². The van der Waals surface area contributed by atoms with Crippen molar-refractivity contribution in [2.45, 2.75) is 20.1 Å². The van der Waals surface area contributed by atoms with Gasteiger partial charge in [0.05, 0.1) is 12.2 Å². The molecule has 5 nitrogen and oxygen atoms in total. The van der Waals surface area contributed by atoms with Gasteiger partial charge in [-0.1, -0.05) is 17.7 Å². The van der Waals surface area contributed by atoms with Gasteiger partial charge in [0.25, 0.3) is 5.91 Å². The first-order valence-electron chi connectivity index (χ1n) is 7.77. The fourth-order valence-electron chi connectivity index (χ4n) is 2.20. The zero-order valence-corrected chi connectivity index (χ0v) is 14.4. The number of nitrogens with zero attached hydrogens (tertiary/aromatic N) is 1. The Hall–Kier alpha value is -2.79. The predicted octanol–water partition coefficient (Wildman–Crippen LogP) is 4.15. The Balaban J connectivity index is 1.54. The van der Waals surface area contributed by atoms with Crippen LogP contribution in [0.3, 0.4) is 0 Å². The van der Waals surface area contributed by atoms with Gasteiger partial charge in [0.1, 0.15) is 18.1 Å². The number of hydrogen-bond donors (Lipinski definition) is 1. The zero-order chi connectivity index (χ0) is 17.6. The number of carbonyl (C=O) groups is 1. The predicted molar refractivity (Wildman–Crippen MR) is 94.6 cm³/mol. The van der Waals surface area contributed by atoms with Gasteiger partial charge >= 0.3 is 0 Å². The Morgan fingerprint density at radius 1 is 1.24 bits per heavy atom. The molecule has 0 saturated carbocycles. The molecule has 0 aliphatic rings. The van der Waals surface area contributed by atoms with Crippen molar-refractivity contribution in [2.75, 3.05) is 0 Å². The summed E-state index contributed by atoms with van der Waals surface area (Å²) in [5, 5.41) is 3.46. The van der Waals surface area contributed by atoms with Crippen molar-refractivity contribution < 1.29 is 13.9 Å². The summed E-state index contributed by atoms with van der Waals surface area (Å²) < 4.78 is 11.2. The van der Waals surface area contributed by atoms with Crippen LogP contribution >= 0.6 is 11.6 Å². The summed E-state index contributed by atoms with van der Waals surface area (Å²) in [7, 11) is 0. The summed E-state index contributed by atoms with van der Waals surface area (Å²) in [5.74, 6) is 1.20. The molecule has 1 aromatic carbocycles. The van der Waals surface area contributed by atoms with E-state index in [0.29, 0.717) is 23.1 Å². The summed E-state index contributed by atoms with van der Waals surface area (Å²) in [6.45, 7) is 2.48. The smallest absolute Gasteiger partial charge is 0.287 e. The quantitative estimate of drug-likeness (QED) is 0.720. The number of pyridine rings is 1. The molecule has 1 amide bonds. The van der Waals surface area contributed by atoms with Crippen LogP contribution in [0.25, 0.3) is 0 Å². The third-order valence-corrected chi connectivity index (χ3v) is 3.98. The first-order chi connectivity index (χ1) is 12.1. The maximum absolute atomic E-state index is 12.1. The number of amides is 1. The van der Waals surface area contributed by atoms with Crippen LogP contribution in [0, 0.1) is 6.92 Å². The SMILES string of the molecule is Cc1cc(OCc2ccc(C(=O)NCc3ccccn3)o2)ccc1Cl. The van der Waals surface area contributed by atoms with E-state index >= 15 is 0 Å². The molecule has 0 radical (unpaired) electrons. The molecule has 3 rings (SSSR count). The molecule has 0 aliphatic carbocycles. The van der Waals surface area contributed by atoms with Gasteiger partial charge < -0.3 is 14.5 Å². The lowest BCUT2D eigenvalue weighted by Crippen LogP contribution is -2.22. The zero-order valence-electron chi connectivity index (χ0n) is 13.7. The number of hydrogen-bond acceptors (Lipinski definition) is 4. The molecular formula is C19H17ClN2O3. The third kappa shape index (κ3) is 4.61. The van der Waals surface area contributed by atoms with Crippen molar-refractivity contribution >= 4 is 17.5 Å². The molecule has 0 bridgehead atoms. The summed E-state index contributed by atoms with van der Waals surface area (Å²) in [6.07, 6.45) is 1.68. The molecule has 3 aromatic rings. The maximum atomic E-state index is 12.1. The Morgan fingerprint density at radius 2 is 2.12 bits per heavy atom. The number of aromatic nitrogens is 1. The summed E-state index contributed by atoms with van der Waals surface area (Å²) in [4.78, 5) is 16.3. The number of nitrogens with one attached hydrogen (secondary N) is 1. The van der Waals surface area contributed by atoms with E-state index in [0.717, 1.165) is 11.3 Å². The van der Waals surface area contributed by atoms with Gasteiger partial charge in [0.15, 0.2) is 5.76 Å². The minimum absolute atomic E-state index is 0.231. The van der Waals surface area contributed by atoms with Gasteiger partial charge in [0, 0.05) is 11.2 Å². The average Bonchev–Trinajstić information content (AvgIpc) is 3.11. The Bertz CT molecular complexity index is 862. The van der Waals surface area contributed by atoms with Crippen LogP contribution in [0.5, 0.6) is 5.75 Å². The molecule has 0 unspecified atom stereocenters. The Kier molecular flexibility index (Phi) is 5.36. The molecule has 0 spiro atoms. The Morgan fingerprint density at radius 3 is 2.88 bits per heavy atom. The van der Waals surface area contributed by atoms with Crippen molar-refractivity contribution in [3.63, 3.8) is 0 Å². The number of ether oxygens (including phenoxy) is 1. The summed E-state index contributed by atoms with van der Waals surface area (Å²) >= 11 is 5.99. The maximum Gasteiger partial charge on any atom is 0.287 e. The van der Waals surface area contributed by atoms with Gasteiger partial charge in [-0.2, -0.15) is 0 Å². The highest BCUT2D eigenvalue weighted by Gasteiger charge is 2.11. The number of benzene rings is 1. The number of aryl methyl sites for hydroxylation is 1.